The van der Waals surface area contributed by atoms with Crippen LogP contribution in [0, 0.1) is 0 Å². The van der Waals surface area contributed by atoms with Crippen molar-refractivity contribution in [2.45, 2.75) is 23.8 Å². The molecule has 0 aliphatic rings. The second-order valence-electron chi connectivity index (χ2n) is 9.79. The van der Waals surface area contributed by atoms with E-state index in [-0.39, 0.29) is 16.9 Å². The summed E-state index contributed by atoms with van der Waals surface area (Å²) in [6, 6.07) is 26.0. The Labute approximate surface area is 263 Å². The van der Waals surface area contributed by atoms with Gasteiger partial charge < -0.3 is 14.7 Å². The second-order valence-corrected chi connectivity index (χ2v) is 13.6. The van der Waals surface area contributed by atoms with E-state index in [1.807, 2.05) is 78.9 Å². The topological polar surface area (TPSA) is 79.7 Å². The first-order valence-corrected chi connectivity index (χ1v) is 16.4. The van der Waals surface area contributed by atoms with Crippen LogP contribution >= 0.6 is 39.5 Å². The zero-order valence-electron chi connectivity index (χ0n) is 23.5. The molecule has 1 N–H and O–H groups in total. The molecule has 4 rings (SSSR count). The fourth-order valence-electron chi connectivity index (χ4n) is 4.07. The Balaban J connectivity index is 1.40. The van der Waals surface area contributed by atoms with Gasteiger partial charge in [0.25, 0.3) is 0 Å². The van der Waals surface area contributed by atoms with Gasteiger partial charge in [0, 0.05) is 41.9 Å². The van der Waals surface area contributed by atoms with Crippen LogP contribution in [-0.4, -0.2) is 57.0 Å². The van der Waals surface area contributed by atoms with Gasteiger partial charge in [-0.3, -0.25) is 9.59 Å². The molecule has 0 saturated heterocycles. The number of aliphatic carboxylic acids is 1. The van der Waals surface area contributed by atoms with Crippen LogP contribution in [0.5, 0.6) is 11.5 Å². The molecule has 1 amide bonds. The Morgan fingerprint density at radius 1 is 0.929 bits per heavy atom. The summed E-state index contributed by atoms with van der Waals surface area (Å²) >= 11 is 6.83. The molecule has 3 aromatic carbocycles. The van der Waals surface area contributed by atoms with Crippen molar-refractivity contribution in [3.05, 3.63) is 100 Å². The highest BCUT2D eigenvalue weighted by Crippen LogP contribution is 2.31. The van der Waals surface area contributed by atoms with E-state index in [0.717, 1.165) is 50.1 Å². The number of carboxylic acid groups (broad SMARTS) is 1. The highest BCUT2D eigenvalue weighted by Gasteiger charge is 2.14. The summed E-state index contributed by atoms with van der Waals surface area (Å²) in [6.07, 6.45) is 5.32. The van der Waals surface area contributed by atoms with Gasteiger partial charge in [-0.05, 0) is 66.1 Å². The number of nitrogens with zero attached hydrogens (tertiary/aromatic N) is 2. The lowest BCUT2D eigenvalue weighted by Crippen LogP contribution is -2.22. The summed E-state index contributed by atoms with van der Waals surface area (Å²) in [5.74, 6) is 1.96. The van der Waals surface area contributed by atoms with Gasteiger partial charge in [0.1, 0.15) is 11.5 Å². The smallest absolute Gasteiger partial charge is 0.304 e. The highest BCUT2D eigenvalue weighted by atomic mass is 79.9. The molecule has 9 heteroatoms. The molecule has 1 heterocycles. The minimum absolute atomic E-state index is 0.0889. The van der Waals surface area contributed by atoms with Gasteiger partial charge in [-0.25, -0.2) is 4.98 Å². The lowest BCUT2D eigenvalue weighted by Gasteiger charge is -2.17. The molecule has 0 fully saturated rings. The van der Waals surface area contributed by atoms with Gasteiger partial charge in [0.15, 0.2) is 0 Å². The molecular formula is C33H33BrN2O4S2. The van der Waals surface area contributed by atoms with E-state index >= 15 is 0 Å². The number of hydrogen-bond donors (Lipinski definition) is 1. The van der Waals surface area contributed by atoms with Crippen molar-refractivity contribution in [1.82, 2.24) is 9.88 Å². The number of thioether (sulfide) groups is 2. The normalized spacial score (nSPS) is 12.0. The third-order valence-corrected chi connectivity index (χ3v) is 9.52. The van der Waals surface area contributed by atoms with Crippen LogP contribution in [0.2, 0.25) is 0 Å². The van der Waals surface area contributed by atoms with E-state index in [2.05, 4.69) is 28.1 Å². The molecule has 4 aromatic rings. The minimum Gasteiger partial charge on any atom is -0.481 e. The SMILES string of the molecule is CN(C)C(=O)CCSC(Cc1cccc(Oc2cccc(C=Cc3ccc4ccc(Br)cc4n3)c2)c1)SCCC(=O)O. The van der Waals surface area contributed by atoms with Gasteiger partial charge in [-0.2, -0.15) is 0 Å². The van der Waals surface area contributed by atoms with Crippen molar-refractivity contribution in [2.24, 2.45) is 0 Å². The summed E-state index contributed by atoms with van der Waals surface area (Å²) < 4.78 is 7.35. The molecule has 0 radical (unpaired) electrons. The van der Waals surface area contributed by atoms with Crippen molar-refractivity contribution in [3.63, 3.8) is 0 Å². The number of carbonyl (C=O) groups excluding carboxylic acids is 1. The first kappa shape index (κ1) is 31.7. The monoisotopic (exact) mass is 664 g/mol. The number of ether oxygens (including phenoxy) is 1. The first-order valence-electron chi connectivity index (χ1n) is 13.5. The number of carbonyl (C=O) groups is 2. The third kappa shape index (κ3) is 10.2. The van der Waals surface area contributed by atoms with Crippen LogP contribution in [-0.2, 0) is 16.0 Å². The van der Waals surface area contributed by atoms with E-state index in [1.165, 1.54) is 0 Å². The van der Waals surface area contributed by atoms with Gasteiger partial charge in [0.05, 0.1) is 22.2 Å². The highest BCUT2D eigenvalue weighted by molar-refractivity contribution is 9.10. The predicted molar refractivity (Wildman–Crippen MR) is 179 cm³/mol. The van der Waals surface area contributed by atoms with Crippen LogP contribution in [0.25, 0.3) is 23.1 Å². The number of carboxylic acids is 1. The molecule has 0 aliphatic carbocycles. The van der Waals surface area contributed by atoms with E-state index in [0.29, 0.717) is 17.9 Å². The zero-order chi connectivity index (χ0) is 29.9. The number of amides is 1. The Morgan fingerprint density at radius 2 is 1.64 bits per heavy atom. The summed E-state index contributed by atoms with van der Waals surface area (Å²) in [7, 11) is 3.51. The molecule has 6 nitrogen and oxygen atoms in total. The van der Waals surface area contributed by atoms with E-state index in [9.17, 15) is 9.59 Å². The number of halogens is 1. The minimum atomic E-state index is -0.803. The molecule has 0 aliphatic heterocycles. The van der Waals surface area contributed by atoms with Crippen molar-refractivity contribution in [1.29, 1.82) is 0 Å². The van der Waals surface area contributed by atoms with E-state index < -0.39 is 5.97 Å². The number of benzene rings is 3. The van der Waals surface area contributed by atoms with E-state index in [1.54, 1.807) is 42.5 Å². The fraction of sp³-hybridized carbons (Fsp3) is 0.242. The van der Waals surface area contributed by atoms with Crippen molar-refractivity contribution < 1.29 is 19.4 Å². The molecule has 1 atom stereocenters. The van der Waals surface area contributed by atoms with Gasteiger partial charge >= 0.3 is 5.97 Å². The number of rotatable bonds is 14. The molecule has 1 aromatic heterocycles. The molecular weight excluding hydrogens is 632 g/mol. The van der Waals surface area contributed by atoms with Crippen LogP contribution in [0.1, 0.15) is 29.7 Å². The summed E-state index contributed by atoms with van der Waals surface area (Å²) in [5, 5.41) is 10.2. The van der Waals surface area contributed by atoms with Gasteiger partial charge in [0.2, 0.25) is 5.91 Å². The third-order valence-electron chi connectivity index (χ3n) is 6.25. The molecule has 0 spiro atoms. The maximum absolute atomic E-state index is 12.0. The average Bonchev–Trinajstić information content (AvgIpc) is 2.96. The number of hydrogen-bond acceptors (Lipinski definition) is 6. The Bertz CT molecular complexity index is 1560. The van der Waals surface area contributed by atoms with Crippen LogP contribution in [0.4, 0.5) is 0 Å². The Kier molecular flexibility index (Phi) is 11.9. The molecule has 218 valence electrons. The van der Waals surface area contributed by atoms with Crippen molar-refractivity contribution >= 4 is 74.4 Å². The quantitative estimate of drug-likeness (QED) is 0.136. The summed E-state index contributed by atoms with van der Waals surface area (Å²) in [6.45, 7) is 0. The van der Waals surface area contributed by atoms with Crippen molar-refractivity contribution in [2.75, 3.05) is 25.6 Å². The maximum atomic E-state index is 12.0. The van der Waals surface area contributed by atoms with Gasteiger partial charge in [-0.15, -0.1) is 23.5 Å². The van der Waals surface area contributed by atoms with Crippen LogP contribution < -0.4 is 4.74 Å². The average molecular weight is 666 g/mol. The Hall–Kier alpha value is -3.27. The molecule has 0 saturated carbocycles. The molecule has 42 heavy (non-hydrogen) atoms. The number of aromatic nitrogens is 1. The van der Waals surface area contributed by atoms with Gasteiger partial charge in [-0.1, -0.05) is 58.4 Å². The summed E-state index contributed by atoms with van der Waals surface area (Å²) in [5.41, 5.74) is 3.90. The number of pyridine rings is 1. The molecule has 1 unspecified atom stereocenters. The predicted octanol–water partition coefficient (Wildman–Crippen LogP) is 8.25. The van der Waals surface area contributed by atoms with Crippen molar-refractivity contribution in [3.8, 4) is 11.5 Å². The second kappa shape index (κ2) is 15.8. The standard InChI is InChI=1S/C33H33BrN2O4S2/c1-36(2)31(37)15-17-41-33(42-18-16-32(38)39)21-24-6-4-8-29(20-24)40-28-7-3-5-23(19-28)9-13-27-14-11-25-10-12-26(34)22-30(25)35-27/h3-14,19-20,22,33H,15-18,21H2,1-2H3,(H,38,39). The summed E-state index contributed by atoms with van der Waals surface area (Å²) in [4.78, 5) is 29.4. The largest absolute Gasteiger partial charge is 0.481 e. The molecule has 0 bridgehead atoms. The van der Waals surface area contributed by atoms with Crippen LogP contribution in [0.15, 0.2) is 83.3 Å². The fourth-order valence-corrected chi connectivity index (χ4v) is 7.11. The lowest BCUT2D eigenvalue weighted by molar-refractivity contribution is -0.136. The Morgan fingerprint density at radius 3 is 2.40 bits per heavy atom. The zero-order valence-corrected chi connectivity index (χ0v) is 26.8. The van der Waals surface area contributed by atoms with Crippen LogP contribution in [0.3, 0.4) is 0 Å². The lowest BCUT2D eigenvalue weighted by atomic mass is 10.1. The first-order chi connectivity index (χ1) is 20.2. The number of fused-ring (bicyclic) bond motifs is 1. The van der Waals surface area contributed by atoms with E-state index in [4.69, 9.17) is 14.8 Å². The maximum Gasteiger partial charge on any atom is 0.304 e.